The van der Waals surface area contributed by atoms with Crippen molar-refractivity contribution in [3.8, 4) is 5.75 Å². The van der Waals surface area contributed by atoms with Crippen molar-refractivity contribution in [2.75, 3.05) is 7.11 Å². The number of ether oxygens (including phenoxy) is 1. The Hall–Kier alpha value is -0.830. The molecule has 0 heterocycles. The van der Waals surface area contributed by atoms with Gasteiger partial charge in [0.25, 0.3) is 0 Å². The molecule has 1 rings (SSSR count). The summed E-state index contributed by atoms with van der Waals surface area (Å²) >= 11 is 3.44. The quantitative estimate of drug-likeness (QED) is 0.820. The predicted molar refractivity (Wildman–Crippen MR) is 64.3 cm³/mol. The smallest absolute Gasteiger partial charge is 0.133 e. The van der Waals surface area contributed by atoms with E-state index in [0.29, 0.717) is 6.42 Å². The lowest BCUT2D eigenvalue weighted by molar-refractivity contribution is -0.117. The van der Waals surface area contributed by atoms with E-state index in [1.165, 1.54) is 5.56 Å². The molecule has 3 heteroatoms. The highest BCUT2D eigenvalue weighted by atomic mass is 79.9. The number of carbonyl (C=O) groups excluding carboxylic acids is 1. The van der Waals surface area contributed by atoms with Gasteiger partial charge in [0.1, 0.15) is 11.5 Å². The molecular formula is C12H15BrO2. The zero-order valence-electron chi connectivity index (χ0n) is 9.05. The maximum atomic E-state index is 10.8. The van der Waals surface area contributed by atoms with Crippen molar-refractivity contribution in [2.24, 2.45) is 0 Å². The van der Waals surface area contributed by atoms with Gasteiger partial charge in [0.05, 0.1) is 11.6 Å². The van der Waals surface area contributed by atoms with Crippen molar-refractivity contribution in [3.63, 3.8) is 0 Å². The number of halogens is 1. The molecule has 82 valence electrons. The summed E-state index contributed by atoms with van der Waals surface area (Å²) in [7, 11) is 1.65. The van der Waals surface area contributed by atoms with Gasteiger partial charge in [-0.25, -0.2) is 0 Å². The van der Waals surface area contributed by atoms with Crippen molar-refractivity contribution in [1.82, 2.24) is 0 Å². The largest absolute Gasteiger partial charge is 0.496 e. The molecule has 0 aliphatic carbocycles. The molecule has 2 nitrogen and oxygen atoms in total. The third-order valence-electron chi connectivity index (χ3n) is 2.21. The normalized spacial score (nSPS) is 10.1. The van der Waals surface area contributed by atoms with Gasteiger partial charge in [-0.1, -0.05) is 6.07 Å². The zero-order chi connectivity index (χ0) is 11.3. The van der Waals surface area contributed by atoms with Gasteiger partial charge >= 0.3 is 0 Å². The number of ketones is 1. The summed E-state index contributed by atoms with van der Waals surface area (Å²) < 4.78 is 6.10. The van der Waals surface area contributed by atoms with Crippen molar-refractivity contribution < 1.29 is 9.53 Å². The van der Waals surface area contributed by atoms with Gasteiger partial charge in [-0.15, -0.1) is 0 Å². The van der Waals surface area contributed by atoms with Crippen molar-refractivity contribution in [3.05, 3.63) is 28.2 Å². The Bertz CT molecular complexity index is 347. The average Bonchev–Trinajstić information content (AvgIpc) is 2.17. The molecular weight excluding hydrogens is 256 g/mol. The first kappa shape index (κ1) is 12.2. The van der Waals surface area contributed by atoms with E-state index >= 15 is 0 Å². The fourth-order valence-electron chi connectivity index (χ4n) is 1.41. The maximum absolute atomic E-state index is 10.8. The van der Waals surface area contributed by atoms with Gasteiger partial charge in [-0.3, -0.25) is 0 Å². The van der Waals surface area contributed by atoms with E-state index in [0.717, 1.165) is 23.1 Å². The van der Waals surface area contributed by atoms with Gasteiger partial charge in [0.2, 0.25) is 0 Å². The van der Waals surface area contributed by atoms with E-state index in [4.69, 9.17) is 4.74 Å². The van der Waals surface area contributed by atoms with Crippen LogP contribution >= 0.6 is 15.9 Å². The van der Waals surface area contributed by atoms with Crippen LogP contribution in [-0.4, -0.2) is 12.9 Å². The van der Waals surface area contributed by atoms with Crippen LogP contribution in [0.2, 0.25) is 0 Å². The highest BCUT2D eigenvalue weighted by Crippen LogP contribution is 2.26. The van der Waals surface area contributed by atoms with Crippen molar-refractivity contribution in [2.45, 2.75) is 26.2 Å². The van der Waals surface area contributed by atoms with Gasteiger partial charge in [0.15, 0.2) is 0 Å². The number of Topliss-reactive ketones (excluding diaryl/α,β-unsaturated/α-hetero) is 1. The molecule has 0 saturated heterocycles. The van der Waals surface area contributed by atoms with E-state index in [1.807, 2.05) is 18.2 Å². The minimum absolute atomic E-state index is 0.252. The van der Waals surface area contributed by atoms with Gasteiger partial charge < -0.3 is 9.53 Å². The molecule has 15 heavy (non-hydrogen) atoms. The Morgan fingerprint density at radius 1 is 1.47 bits per heavy atom. The molecule has 0 unspecified atom stereocenters. The third kappa shape index (κ3) is 4.04. The average molecular weight is 271 g/mol. The molecule has 0 saturated carbocycles. The first-order valence-corrected chi connectivity index (χ1v) is 5.74. The summed E-state index contributed by atoms with van der Waals surface area (Å²) in [5.74, 6) is 1.09. The molecule has 0 amide bonds. The maximum Gasteiger partial charge on any atom is 0.133 e. The molecule has 0 aliphatic rings. The molecule has 0 radical (unpaired) electrons. The van der Waals surface area contributed by atoms with Crippen LogP contribution in [0.3, 0.4) is 0 Å². The SMILES string of the molecule is COc1ccc(CCCC(C)=O)cc1Br. The lowest BCUT2D eigenvalue weighted by Gasteiger charge is -2.05. The number of hydrogen-bond donors (Lipinski definition) is 0. The van der Waals surface area contributed by atoms with Crippen molar-refractivity contribution in [1.29, 1.82) is 0 Å². The first-order chi connectivity index (χ1) is 7.13. The highest BCUT2D eigenvalue weighted by molar-refractivity contribution is 9.10. The summed E-state index contributed by atoms with van der Waals surface area (Å²) in [6.07, 6.45) is 2.50. The number of rotatable bonds is 5. The lowest BCUT2D eigenvalue weighted by atomic mass is 10.1. The number of hydrogen-bond acceptors (Lipinski definition) is 2. The van der Waals surface area contributed by atoms with Gasteiger partial charge in [-0.2, -0.15) is 0 Å². The molecule has 0 fully saturated rings. The number of benzene rings is 1. The number of carbonyl (C=O) groups is 1. The van der Waals surface area contributed by atoms with E-state index in [2.05, 4.69) is 15.9 Å². The fourth-order valence-corrected chi connectivity index (χ4v) is 1.99. The molecule has 0 N–H and O–H groups in total. The van der Waals surface area contributed by atoms with Crippen LogP contribution < -0.4 is 4.74 Å². The Morgan fingerprint density at radius 3 is 2.73 bits per heavy atom. The second kappa shape index (κ2) is 5.91. The van der Waals surface area contributed by atoms with Crippen LogP contribution in [0.5, 0.6) is 5.75 Å². The minimum atomic E-state index is 0.252. The fraction of sp³-hybridized carbons (Fsp3) is 0.417. The van der Waals surface area contributed by atoms with E-state index in [1.54, 1.807) is 14.0 Å². The summed E-state index contributed by atoms with van der Waals surface area (Å²) in [5.41, 5.74) is 1.23. The molecule has 0 spiro atoms. The molecule has 0 atom stereocenters. The standard InChI is InChI=1S/C12H15BrO2/c1-9(14)4-3-5-10-6-7-12(15-2)11(13)8-10/h6-8H,3-5H2,1-2H3. The third-order valence-corrected chi connectivity index (χ3v) is 2.83. The summed E-state index contributed by atoms with van der Waals surface area (Å²) in [4.78, 5) is 10.8. The van der Waals surface area contributed by atoms with Crippen LogP contribution in [0, 0.1) is 0 Å². The number of aryl methyl sites for hydroxylation is 1. The second-order valence-electron chi connectivity index (χ2n) is 3.52. The van der Waals surface area contributed by atoms with Crippen LogP contribution in [0.4, 0.5) is 0 Å². The molecule has 0 bridgehead atoms. The van der Waals surface area contributed by atoms with Gasteiger partial charge in [0, 0.05) is 6.42 Å². The summed E-state index contributed by atoms with van der Waals surface area (Å²) in [6, 6.07) is 6.01. The van der Waals surface area contributed by atoms with Crippen LogP contribution in [0.15, 0.2) is 22.7 Å². The predicted octanol–water partition coefficient (Wildman–Crippen LogP) is 3.37. The van der Waals surface area contributed by atoms with E-state index in [9.17, 15) is 4.79 Å². The summed E-state index contributed by atoms with van der Waals surface area (Å²) in [6.45, 7) is 1.63. The van der Waals surface area contributed by atoms with Gasteiger partial charge in [-0.05, 0) is 53.4 Å². The van der Waals surface area contributed by atoms with Crippen LogP contribution in [-0.2, 0) is 11.2 Å². The molecule has 0 aromatic heterocycles. The molecule has 1 aromatic rings. The summed E-state index contributed by atoms with van der Waals surface area (Å²) in [5, 5.41) is 0. The number of methoxy groups -OCH3 is 1. The second-order valence-corrected chi connectivity index (χ2v) is 4.38. The van der Waals surface area contributed by atoms with Crippen molar-refractivity contribution >= 4 is 21.7 Å². The Kier molecular flexibility index (Phi) is 4.82. The Balaban J connectivity index is 2.55. The van der Waals surface area contributed by atoms with E-state index < -0.39 is 0 Å². The zero-order valence-corrected chi connectivity index (χ0v) is 10.6. The van der Waals surface area contributed by atoms with Crippen LogP contribution in [0.1, 0.15) is 25.3 Å². The monoisotopic (exact) mass is 270 g/mol. The highest BCUT2D eigenvalue weighted by Gasteiger charge is 2.01. The first-order valence-electron chi connectivity index (χ1n) is 4.95. The van der Waals surface area contributed by atoms with Crippen LogP contribution in [0.25, 0.3) is 0 Å². The topological polar surface area (TPSA) is 26.3 Å². The minimum Gasteiger partial charge on any atom is -0.496 e. The molecule has 1 aromatic carbocycles. The lowest BCUT2D eigenvalue weighted by Crippen LogP contribution is -1.93. The molecule has 0 aliphatic heterocycles. The Morgan fingerprint density at radius 2 is 2.20 bits per heavy atom. The Labute approximate surface area is 98.8 Å². The van der Waals surface area contributed by atoms with E-state index in [-0.39, 0.29) is 5.78 Å².